The molecule has 0 unspecified atom stereocenters. The number of aromatic nitrogens is 2. The second-order valence-electron chi connectivity index (χ2n) is 8.91. The number of benzene rings is 3. The lowest BCUT2D eigenvalue weighted by Gasteiger charge is -2.34. The molecule has 5 rings (SSSR count). The number of phenols is 1. The number of hydrogen-bond acceptors (Lipinski definition) is 8. The third kappa shape index (κ3) is 4.73. The molecule has 0 bridgehead atoms. The molecule has 3 aromatic carbocycles. The minimum atomic E-state index is -0.843. The Bertz CT molecular complexity index is 1560. The van der Waals surface area contributed by atoms with Crippen LogP contribution in [0.4, 0.5) is 10.2 Å². The predicted molar refractivity (Wildman–Crippen MR) is 140 cm³/mol. The van der Waals surface area contributed by atoms with Gasteiger partial charge in [0.1, 0.15) is 17.1 Å². The number of halogens is 2. The number of fused-ring (bicyclic) bond motifs is 2. The van der Waals surface area contributed by atoms with Gasteiger partial charge in [-0.2, -0.15) is 15.2 Å². The molecule has 2 atom stereocenters. The van der Waals surface area contributed by atoms with Gasteiger partial charge in [0.2, 0.25) is 0 Å². The van der Waals surface area contributed by atoms with Crippen LogP contribution in [0.15, 0.2) is 42.5 Å². The van der Waals surface area contributed by atoms with Gasteiger partial charge in [-0.15, -0.1) is 0 Å². The summed E-state index contributed by atoms with van der Waals surface area (Å²) in [6, 6.07) is 13.9. The summed E-state index contributed by atoms with van der Waals surface area (Å²) in [4.78, 5) is 22.0. The quantitative estimate of drug-likeness (QED) is 0.355. The number of hydrogen-bond donors (Lipinski definition) is 2. The van der Waals surface area contributed by atoms with Gasteiger partial charge in [0.15, 0.2) is 18.2 Å². The fraction of sp³-hybridized carbons (Fsp3) is 0.259. The molecule has 37 heavy (non-hydrogen) atoms. The number of ether oxygens (including phenoxy) is 1. The summed E-state index contributed by atoms with van der Waals surface area (Å²) in [5.74, 6) is -0.328. The highest BCUT2D eigenvalue weighted by Crippen LogP contribution is 2.42. The maximum atomic E-state index is 16.4. The molecule has 0 saturated carbocycles. The predicted octanol–water partition coefficient (Wildman–Crippen LogP) is 4.61. The Kier molecular flexibility index (Phi) is 6.78. The van der Waals surface area contributed by atoms with Gasteiger partial charge in [-0.25, -0.2) is 4.39 Å². The maximum Gasteiger partial charge on any atom is 0.319 e. The summed E-state index contributed by atoms with van der Waals surface area (Å²) in [5.41, 5.74) is 0.475. The lowest BCUT2D eigenvalue weighted by molar-refractivity contribution is -0.113. The molecule has 1 aromatic heterocycles. The molecule has 0 radical (unpaired) electrons. The molecule has 1 fully saturated rings. The van der Waals surface area contributed by atoms with Crippen molar-refractivity contribution < 1.29 is 19.0 Å². The van der Waals surface area contributed by atoms with Gasteiger partial charge in [-0.05, 0) is 41.5 Å². The highest BCUT2D eigenvalue weighted by molar-refractivity contribution is 6.35. The molecule has 0 aliphatic carbocycles. The fourth-order valence-electron chi connectivity index (χ4n) is 4.66. The third-order valence-corrected chi connectivity index (χ3v) is 6.63. The van der Waals surface area contributed by atoms with E-state index in [1.54, 1.807) is 12.1 Å². The smallest absolute Gasteiger partial charge is 0.319 e. The van der Waals surface area contributed by atoms with Crippen molar-refractivity contribution in [2.75, 3.05) is 24.5 Å². The molecule has 4 aromatic rings. The standard InChI is InChI=1S/C27H23ClFN5O3/c1-15(14-35)37-27-32-25-21(26(33-27)34-9-8-31-17(13-34)6-7-30)12-22(28)23(24(25)29)20-11-18(36)10-16-4-2-3-5-19(16)20/h2-5,10-12,14-15,17,31,36H,6,8-9,13H2,1H3/t15-,17+/m1/s1. The van der Waals surface area contributed by atoms with E-state index in [1.807, 2.05) is 29.2 Å². The SMILES string of the molecule is C[C@H](C=O)Oc1nc(N2CCN[C@@H](CC#N)C2)c2cc(Cl)c(-c3cc(O)cc4ccccc34)c(F)c2n1. The van der Waals surface area contributed by atoms with E-state index in [-0.39, 0.29) is 33.9 Å². The van der Waals surface area contributed by atoms with Crippen LogP contribution in [0.25, 0.3) is 32.8 Å². The summed E-state index contributed by atoms with van der Waals surface area (Å²) in [5, 5.41) is 24.7. The molecule has 2 heterocycles. The third-order valence-electron chi connectivity index (χ3n) is 6.33. The monoisotopic (exact) mass is 519 g/mol. The van der Waals surface area contributed by atoms with E-state index in [0.717, 1.165) is 5.39 Å². The number of piperazine rings is 1. The maximum absolute atomic E-state index is 16.4. The van der Waals surface area contributed by atoms with Crippen LogP contribution < -0.4 is 15.0 Å². The molecule has 2 N–H and O–H groups in total. The fourth-order valence-corrected chi connectivity index (χ4v) is 4.95. The van der Waals surface area contributed by atoms with E-state index >= 15 is 4.39 Å². The summed E-state index contributed by atoms with van der Waals surface area (Å²) in [7, 11) is 0. The molecule has 8 nitrogen and oxygen atoms in total. The zero-order valence-electron chi connectivity index (χ0n) is 19.9. The molecule has 1 aliphatic rings. The van der Waals surface area contributed by atoms with Crippen molar-refractivity contribution in [3.63, 3.8) is 0 Å². The van der Waals surface area contributed by atoms with Crippen LogP contribution in [-0.2, 0) is 4.79 Å². The minimum absolute atomic E-state index is 0.0270. The van der Waals surface area contributed by atoms with Crippen LogP contribution in [0.5, 0.6) is 11.8 Å². The van der Waals surface area contributed by atoms with Crippen LogP contribution in [0, 0.1) is 17.1 Å². The zero-order valence-corrected chi connectivity index (χ0v) is 20.7. The van der Waals surface area contributed by atoms with Gasteiger partial charge in [0, 0.05) is 36.6 Å². The zero-order chi connectivity index (χ0) is 26.1. The molecule has 0 spiro atoms. The first-order valence-electron chi connectivity index (χ1n) is 11.8. The molecular formula is C27H23ClFN5O3. The van der Waals surface area contributed by atoms with Gasteiger partial charge in [0.05, 0.1) is 17.5 Å². The number of nitriles is 1. The second kappa shape index (κ2) is 10.2. The van der Waals surface area contributed by atoms with E-state index in [4.69, 9.17) is 21.6 Å². The highest BCUT2D eigenvalue weighted by atomic mass is 35.5. The molecule has 0 amide bonds. The number of rotatable bonds is 6. The number of nitrogens with one attached hydrogen (secondary N) is 1. The number of phenolic OH excluding ortho intramolecular Hbond substituents is 1. The van der Waals surface area contributed by atoms with Gasteiger partial charge < -0.3 is 20.1 Å². The Morgan fingerprint density at radius 3 is 2.92 bits per heavy atom. The first kappa shape index (κ1) is 24.7. The topological polar surface area (TPSA) is 111 Å². The Labute approximate surface area is 217 Å². The van der Waals surface area contributed by atoms with Crippen molar-refractivity contribution in [3.05, 3.63) is 53.3 Å². The number of aromatic hydroxyl groups is 1. The normalized spacial score (nSPS) is 16.5. The molecule has 10 heteroatoms. The van der Waals surface area contributed by atoms with Crippen molar-refractivity contribution >= 4 is 45.4 Å². The van der Waals surface area contributed by atoms with Gasteiger partial charge in [0.25, 0.3) is 0 Å². The summed E-state index contributed by atoms with van der Waals surface area (Å²) < 4.78 is 21.9. The Morgan fingerprint density at radius 2 is 2.14 bits per heavy atom. The Hall–Kier alpha value is -4.00. The van der Waals surface area contributed by atoms with E-state index < -0.39 is 11.9 Å². The average Bonchev–Trinajstić information content (AvgIpc) is 2.89. The van der Waals surface area contributed by atoms with Crippen molar-refractivity contribution in [2.45, 2.75) is 25.5 Å². The second-order valence-corrected chi connectivity index (χ2v) is 9.31. The minimum Gasteiger partial charge on any atom is -0.508 e. The largest absolute Gasteiger partial charge is 0.508 e. The number of carbonyl (C=O) groups excluding carboxylic acids is 1. The first-order chi connectivity index (χ1) is 17.9. The number of carbonyl (C=O) groups is 1. The Morgan fingerprint density at radius 1 is 1.32 bits per heavy atom. The van der Waals surface area contributed by atoms with Crippen LogP contribution >= 0.6 is 11.6 Å². The number of nitrogens with zero attached hydrogens (tertiary/aromatic N) is 4. The van der Waals surface area contributed by atoms with E-state index in [1.165, 1.54) is 13.0 Å². The molecule has 1 aliphatic heterocycles. The number of anilines is 1. The van der Waals surface area contributed by atoms with Gasteiger partial charge in [-0.3, -0.25) is 4.79 Å². The lowest BCUT2D eigenvalue weighted by Crippen LogP contribution is -2.51. The molecule has 1 saturated heterocycles. The van der Waals surface area contributed by atoms with Crippen LogP contribution in [0.3, 0.4) is 0 Å². The summed E-state index contributed by atoms with van der Waals surface area (Å²) in [6.45, 7) is 3.15. The van der Waals surface area contributed by atoms with E-state index in [2.05, 4.69) is 21.4 Å². The summed E-state index contributed by atoms with van der Waals surface area (Å²) >= 11 is 6.70. The van der Waals surface area contributed by atoms with E-state index in [0.29, 0.717) is 54.5 Å². The molecule has 188 valence electrons. The number of aldehydes is 1. The summed E-state index contributed by atoms with van der Waals surface area (Å²) in [6.07, 6.45) is 0.0582. The van der Waals surface area contributed by atoms with Crippen molar-refractivity contribution in [3.8, 4) is 29.0 Å². The van der Waals surface area contributed by atoms with Crippen molar-refractivity contribution in [1.29, 1.82) is 5.26 Å². The van der Waals surface area contributed by atoms with Crippen molar-refractivity contribution in [1.82, 2.24) is 15.3 Å². The lowest BCUT2D eigenvalue weighted by atomic mass is 9.96. The van der Waals surface area contributed by atoms with Crippen LogP contribution in [0.2, 0.25) is 5.02 Å². The first-order valence-corrected chi connectivity index (χ1v) is 12.2. The van der Waals surface area contributed by atoms with Crippen LogP contribution in [-0.4, -0.2) is 53.1 Å². The highest BCUT2D eigenvalue weighted by Gasteiger charge is 2.27. The van der Waals surface area contributed by atoms with Gasteiger partial charge in [-0.1, -0.05) is 35.9 Å². The van der Waals surface area contributed by atoms with Crippen molar-refractivity contribution in [2.24, 2.45) is 0 Å². The van der Waals surface area contributed by atoms with Crippen LogP contribution in [0.1, 0.15) is 13.3 Å². The molecular weight excluding hydrogens is 497 g/mol. The average molecular weight is 520 g/mol. The van der Waals surface area contributed by atoms with Gasteiger partial charge >= 0.3 is 6.01 Å². The van der Waals surface area contributed by atoms with E-state index in [9.17, 15) is 9.90 Å². The Balaban J connectivity index is 1.75.